The molecule has 3 aromatic carbocycles. The number of likely N-dealkylation sites (tertiary alicyclic amines) is 1. The van der Waals surface area contributed by atoms with Crippen molar-refractivity contribution in [3.63, 3.8) is 0 Å². The van der Waals surface area contributed by atoms with Gasteiger partial charge in [0.2, 0.25) is 0 Å². The van der Waals surface area contributed by atoms with Crippen LogP contribution >= 0.6 is 11.8 Å². The van der Waals surface area contributed by atoms with Gasteiger partial charge in [-0.2, -0.15) is 0 Å². The van der Waals surface area contributed by atoms with Crippen LogP contribution in [0.15, 0.2) is 109 Å². The Labute approximate surface area is 250 Å². The first-order valence-corrected chi connectivity index (χ1v) is 14.6. The lowest BCUT2D eigenvalue weighted by molar-refractivity contribution is 0.109. The van der Waals surface area contributed by atoms with Gasteiger partial charge in [0.1, 0.15) is 6.61 Å². The van der Waals surface area contributed by atoms with E-state index in [9.17, 15) is 14.8 Å². The standard InChI is InChI=1S/C32H36N4O5S/c1-2-20-41-31(39)36-23-28(21-27(36)22-29(35-40)34-30(38)33-18-19-37)42-32(24-12-6-3-7-13-24,25-14-8-4-9-15-25)26-16-10-5-11-17-26/h2-17,27-28,37,40H,1,18-23H2,(H2,33,34,35,38)/t27-,28-/m0/s1. The van der Waals surface area contributed by atoms with Crippen LogP contribution in [0.5, 0.6) is 0 Å². The molecule has 9 nitrogen and oxygen atoms in total. The summed E-state index contributed by atoms with van der Waals surface area (Å²) in [6, 6.07) is 29.9. The SMILES string of the molecule is C=CCOC(=O)N1C[C@@H](SC(c2ccccc2)(c2ccccc2)c2ccccc2)C[C@H]1C/C(=N/O)NC(=O)NCCO. The molecule has 0 saturated carbocycles. The Balaban J connectivity index is 1.69. The number of carbonyl (C=O) groups excluding carboxylic acids is 2. The predicted octanol–water partition coefficient (Wildman–Crippen LogP) is 4.95. The maximum atomic E-state index is 13.2. The highest BCUT2D eigenvalue weighted by molar-refractivity contribution is 8.01. The summed E-state index contributed by atoms with van der Waals surface area (Å²) in [6.07, 6.45) is 1.66. The molecule has 1 saturated heterocycles. The zero-order valence-corrected chi connectivity index (χ0v) is 24.1. The van der Waals surface area contributed by atoms with Crippen LogP contribution in [0, 0.1) is 0 Å². The highest BCUT2D eigenvalue weighted by atomic mass is 32.2. The van der Waals surface area contributed by atoms with Gasteiger partial charge in [-0.05, 0) is 23.1 Å². The number of thioether (sulfide) groups is 1. The number of amides is 3. The predicted molar refractivity (Wildman–Crippen MR) is 165 cm³/mol. The van der Waals surface area contributed by atoms with Crippen molar-refractivity contribution in [1.82, 2.24) is 15.5 Å². The zero-order chi connectivity index (χ0) is 29.8. The highest BCUT2D eigenvalue weighted by Gasteiger charge is 2.45. The van der Waals surface area contributed by atoms with Crippen LogP contribution in [-0.4, -0.2) is 70.8 Å². The van der Waals surface area contributed by atoms with Crippen LogP contribution in [0.25, 0.3) is 0 Å². The molecule has 1 fully saturated rings. The van der Waals surface area contributed by atoms with Crippen molar-refractivity contribution in [2.45, 2.75) is 28.9 Å². The van der Waals surface area contributed by atoms with Crippen LogP contribution in [0.3, 0.4) is 0 Å². The first-order valence-electron chi connectivity index (χ1n) is 13.8. The third-order valence-electron chi connectivity index (χ3n) is 7.02. The molecule has 3 aromatic rings. The first kappa shape index (κ1) is 30.7. The third kappa shape index (κ3) is 7.32. The lowest BCUT2D eigenvalue weighted by Crippen LogP contribution is -2.44. The highest BCUT2D eigenvalue weighted by Crippen LogP contribution is 2.52. The molecule has 0 aromatic heterocycles. The minimum Gasteiger partial charge on any atom is -0.445 e. The molecule has 220 valence electrons. The molecule has 1 aliphatic heterocycles. The Morgan fingerprint density at radius 1 is 1.00 bits per heavy atom. The van der Waals surface area contributed by atoms with E-state index in [4.69, 9.17) is 9.84 Å². The molecule has 0 aliphatic carbocycles. The maximum absolute atomic E-state index is 13.2. The lowest BCUT2D eigenvalue weighted by Gasteiger charge is -2.37. The van der Waals surface area contributed by atoms with Gasteiger partial charge in [0, 0.05) is 30.8 Å². The van der Waals surface area contributed by atoms with Crippen LogP contribution in [0.1, 0.15) is 29.5 Å². The topological polar surface area (TPSA) is 123 Å². The second-order valence-corrected chi connectivity index (χ2v) is 11.3. The summed E-state index contributed by atoms with van der Waals surface area (Å²) in [7, 11) is 0. The number of rotatable bonds is 11. The average Bonchev–Trinajstić information content (AvgIpc) is 3.44. The number of carbonyl (C=O) groups is 2. The van der Waals surface area contributed by atoms with Gasteiger partial charge in [0.15, 0.2) is 5.84 Å². The minimum atomic E-state index is -0.613. The summed E-state index contributed by atoms with van der Waals surface area (Å²) >= 11 is 1.77. The molecule has 2 atom stereocenters. The van der Waals surface area contributed by atoms with Crippen LogP contribution < -0.4 is 10.6 Å². The second-order valence-electron chi connectivity index (χ2n) is 9.78. The Bertz CT molecular complexity index is 1240. The quantitative estimate of drug-likeness (QED) is 0.0628. The number of nitrogens with one attached hydrogen (secondary N) is 2. The molecule has 1 heterocycles. The molecule has 42 heavy (non-hydrogen) atoms. The Hall–Kier alpha value is -4.28. The van der Waals surface area contributed by atoms with Gasteiger partial charge in [-0.3, -0.25) is 5.32 Å². The summed E-state index contributed by atoms with van der Waals surface area (Å²) in [4.78, 5) is 27.0. The van der Waals surface area contributed by atoms with E-state index in [2.05, 4.69) is 58.8 Å². The third-order valence-corrected chi connectivity index (χ3v) is 8.76. The number of amidine groups is 1. The molecule has 0 radical (unpaired) electrons. The van der Waals surface area contributed by atoms with Crippen molar-refractivity contribution in [2.24, 2.45) is 5.16 Å². The molecule has 0 spiro atoms. The number of aliphatic hydroxyl groups is 1. The van der Waals surface area contributed by atoms with Gasteiger partial charge >= 0.3 is 12.1 Å². The number of hydrogen-bond donors (Lipinski definition) is 4. The molecular weight excluding hydrogens is 552 g/mol. The fourth-order valence-corrected chi connectivity index (χ4v) is 7.12. The Morgan fingerprint density at radius 2 is 1.55 bits per heavy atom. The molecule has 0 unspecified atom stereocenters. The van der Waals surface area contributed by atoms with Gasteiger partial charge < -0.3 is 25.3 Å². The van der Waals surface area contributed by atoms with Crippen molar-refractivity contribution >= 4 is 29.7 Å². The molecule has 3 amide bonds. The summed E-state index contributed by atoms with van der Waals surface area (Å²) in [6.45, 7) is 3.90. The van der Waals surface area contributed by atoms with E-state index >= 15 is 0 Å². The zero-order valence-electron chi connectivity index (χ0n) is 23.3. The van der Waals surface area contributed by atoms with Gasteiger partial charge in [-0.25, -0.2) is 9.59 Å². The largest absolute Gasteiger partial charge is 0.445 e. The minimum absolute atomic E-state index is 0.00283. The lowest BCUT2D eigenvalue weighted by atomic mass is 9.84. The van der Waals surface area contributed by atoms with E-state index < -0.39 is 22.9 Å². The molecule has 1 aliphatic rings. The first-order chi connectivity index (χ1) is 20.5. The summed E-state index contributed by atoms with van der Waals surface area (Å²) < 4.78 is 4.83. The van der Waals surface area contributed by atoms with Crippen molar-refractivity contribution in [3.8, 4) is 0 Å². The number of oxime groups is 1. The van der Waals surface area contributed by atoms with Crippen molar-refractivity contribution in [1.29, 1.82) is 0 Å². The monoisotopic (exact) mass is 588 g/mol. The fraction of sp³-hybridized carbons (Fsp3) is 0.281. The van der Waals surface area contributed by atoms with Crippen molar-refractivity contribution in [3.05, 3.63) is 120 Å². The van der Waals surface area contributed by atoms with Crippen LogP contribution in [-0.2, 0) is 9.48 Å². The van der Waals surface area contributed by atoms with Crippen LogP contribution in [0.4, 0.5) is 9.59 Å². The number of benzene rings is 3. The fourth-order valence-electron chi connectivity index (χ4n) is 5.25. The summed E-state index contributed by atoms with van der Waals surface area (Å²) in [5, 5.41) is 26.9. The van der Waals surface area contributed by atoms with E-state index in [-0.39, 0.29) is 37.3 Å². The molecule has 4 N–H and O–H groups in total. The Morgan fingerprint density at radius 3 is 2.02 bits per heavy atom. The van der Waals surface area contributed by atoms with E-state index in [0.717, 1.165) is 16.7 Å². The van der Waals surface area contributed by atoms with Gasteiger partial charge in [0.25, 0.3) is 0 Å². The molecule has 10 heteroatoms. The van der Waals surface area contributed by atoms with Gasteiger partial charge in [-0.15, -0.1) is 11.8 Å². The molecule has 0 bridgehead atoms. The summed E-state index contributed by atoms with van der Waals surface area (Å²) in [5.74, 6) is 0.00283. The maximum Gasteiger partial charge on any atom is 0.410 e. The van der Waals surface area contributed by atoms with Crippen molar-refractivity contribution in [2.75, 3.05) is 26.3 Å². The second kappa shape index (κ2) is 15.1. The number of aliphatic hydroxyl groups excluding tert-OH is 1. The number of urea groups is 1. The van der Waals surface area contributed by atoms with E-state index in [1.165, 1.54) is 6.08 Å². The van der Waals surface area contributed by atoms with Gasteiger partial charge in [0.05, 0.1) is 11.4 Å². The van der Waals surface area contributed by atoms with Crippen LogP contribution in [0.2, 0.25) is 0 Å². The van der Waals surface area contributed by atoms with Gasteiger partial charge in [-0.1, -0.05) is 109 Å². The normalized spacial score (nSPS) is 17.0. The Kier molecular flexibility index (Phi) is 11.0. The van der Waals surface area contributed by atoms with E-state index in [1.54, 1.807) is 16.7 Å². The smallest absolute Gasteiger partial charge is 0.410 e. The van der Waals surface area contributed by atoms with Crippen molar-refractivity contribution < 1.29 is 24.6 Å². The summed E-state index contributed by atoms with van der Waals surface area (Å²) in [5.41, 5.74) is 3.32. The number of hydrogen-bond acceptors (Lipinski definition) is 7. The van der Waals surface area contributed by atoms with E-state index in [1.807, 2.05) is 54.6 Å². The number of nitrogens with zero attached hydrogens (tertiary/aromatic N) is 2. The number of ether oxygens (including phenoxy) is 1. The van der Waals surface area contributed by atoms with E-state index in [0.29, 0.717) is 13.0 Å². The average molecular weight is 589 g/mol. The molecule has 4 rings (SSSR count). The molecular formula is C32H36N4O5S.